The van der Waals surface area contributed by atoms with E-state index in [1.54, 1.807) is 12.1 Å². The second-order valence-electron chi connectivity index (χ2n) is 3.93. The van der Waals surface area contributed by atoms with Gasteiger partial charge in [0.15, 0.2) is 0 Å². The van der Waals surface area contributed by atoms with Crippen LogP contribution in [-0.4, -0.2) is 35.5 Å². The summed E-state index contributed by atoms with van der Waals surface area (Å²) >= 11 is 0. The van der Waals surface area contributed by atoms with E-state index in [1.807, 2.05) is 0 Å². The molecule has 2 amide bonds. The summed E-state index contributed by atoms with van der Waals surface area (Å²) < 4.78 is 0. The van der Waals surface area contributed by atoms with Gasteiger partial charge in [0.05, 0.1) is 6.54 Å². The molecule has 102 valence electrons. The maximum Gasteiger partial charge on any atom is 0.320 e. The monoisotopic (exact) mass is 265 g/mol. The average molecular weight is 265 g/mol. The molecule has 0 bridgehead atoms. The van der Waals surface area contributed by atoms with Crippen LogP contribution in [0.15, 0.2) is 24.3 Å². The van der Waals surface area contributed by atoms with E-state index >= 15 is 0 Å². The lowest BCUT2D eigenvalue weighted by molar-refractivity contribution is -0.139. The number of amides is 2. The van der Waals surface area contributed by atoms with Crippen LogP contribution in [-0.2, 0) is 9.59 Å². The van der Waals surface area contributed by atoms with E-state index in [0.29, 0.717) is 11.3 Å². The lowest BCUT2D eigenvalue weighted by atomic mass is 10.2. The fraction of sp³-hybridized carbons (Fsp3) is 0.250. The number of benzene rings is 1. The molecule has 0 heterocycles. The molecule has 7 heteroatoms. The SMILES string of the molecule is C[C@@H](NCC(=O)Nc1ccc(C(N)=O)cc1)C(=O)O. The Balaban J connectivity index is 2.48. The third-order valence-electron chi connectivity index (χ3n) is 2.39. The molecule has 0 aliphatic rings. The number of rotatable bonds is 6. The molecular formula is C12H15N3O4. The van der Waals surface area contributed by atoms with Crippen molar-refractivity contribution in [3.63, 3.8) is 0 Å². The summed E-state index contributed by atoms with van der Waals surface area (Å²) in [5.41, 5.74) is 5.93. The van der Waals surface area contributed by atoms with Gasteiger partial charge in [-0.1, -0.05) is 0 Å². The van der Waals surface area contributed by atoms with E-state index in [2.05, 4.69) is 10.6 Å². The first-order valence-corrected chi connectivity index (χ1v) is 5.56. The van der Waals surface area contributed by atoms with E-state index in [0.717, 1.165) is 0 Å². The molecule has 0 spiro atoms. The average Bonchev–Trinajstić information content (AvgIpc) is 2.36. The molecule has 1 rings (SSSR count). The molecule has 7 nitrogen and oxygen atoms in total. The number of carboxylic acid groups (broad SMARTS) is 1. The van der Waals surface area contributed by atoms with Crippen LogP contribution in [0.1, 0.15) is 17.3 Å². The summed E-state index contributed by atoms with van der Waals surface area (Å²) in [6.45, 7) is 1.32. The quantitative estimate of drug-likeness (QED) is 0.567. The van der Waals surface area contributed by atoms with Crippen molar-refractivity contribution in [2.24, 2.45) is 5.73 Å². The van der Waals surface area contributed by atoms with Gasteiger partial charge >= 0.3 is 5.97 Å². The van der Waals surface area contributed by atoms with E-state index in [-0.39, 0.29) is 12.5 Å². The van der Waals surface area contributed by atoms with Crippen molar-refractivity contribution in [2.75, 3.05) is 11.9 Å². The lowest BCUT2D eigenvalue weighted by Crippen LogP contribution is -2.39. The van der Waals surface area contributed by atoms with E-state index in [4.69, 9.17) is 10.8 Å². The number of hydrogen-bond donors (Lipinski definition) is 4. The second-order valence-corrected chi connectivity index (χ2v) is 3.93. The van der Waals surface area contributed by atoms with Crippen LogP contribution in [0.3, 0.4) is 0 Å². The zero-order valence-electron chi connectivity index (χ0n) is 10.3. The number of anilines is 1. The molecule has 5 N–H and O–H groups in total. The molecule has 0 saturated carbocycles. The maximum atomic E-state index is 11.5. The number of carbonyl (C=O) groups is 3. The molecule has 0 aromatic heterocycles. The summed E-state index contributed by atoms with van der Waals surface area (Å²) in [4.78, 5) is 32.9. The Bertz CT molecular complexity index is 484. The topological polar surface area (TPSA) is 122 Å². The molecule has 0 fully saturated rings. The summed E-state index contributed by atoms with van der Waals surface area (Å²) in [5.74, 6) is -1.95. The van der Waals surface area contributed by atoms with Crippen LogP contribution in [0, 0.1) is 0 Å². The number of carbonyl (C=O) groups excluding carboxylic acids is 2. The minimum Gasteiger partial charge on any atom is -0.480 e. The normalized spacial score (nSPS) is 11.6. The molecule has 0 saturated heterocycles. The van der Waals surface area contributed by atoms with Crippen molar-refractivity contribution in [2.45, 2.75) is 13.0 Å². The van der Waals surface area contributed by atoms with Gasteiger partial charge in [0.1, 0.15) is 6.04 Å². The Morgan fingerprint density at radius 3 is 2.32 bits per heavy atom. The highest BCUT2D eigenvalue weighted by molar-refractivity contribution is 5.95. The number of nitrogens with two attached hydrogens (primary N) is 1. The third-order valence-corrected chi connectivity index (χ3v) is 2.39. The van der Waals surface area contributed by atoms with Crippen LogP contribution in [0.25, 0.3) is 0 Å². The Morgan fingerprint density at radius 1 is 1.26 bits per heavy atom. The number of primary amides is 1. The molecule has 1 atom stereocenters. The maximum absolute atomic E-state index is 11.5. The standard InChI is InChI=1S/C12H15N3O4/c1-7(12(18)19)14-6-10(16)15-9-4-2-8(3-5-9)11(13)17/h2-5,7,14H,6H2,1H3,(H2,13,17)(H,15,16)(H,18,19)/t7-/m1/s1. The van der Waals surface area contributed by atoms with E-state index in [1.165, 1.54) is 19.1 Å². The van der Waals surface area contributed by atoms with Gasteiger partial charge in [0.25, 0.3) is 0 Å². The smallest absolute Gasteiger partial charge is 0.320 e. The Labute approximate surface area is 109 Å². The fourth-order valence-corrected chi connectivity index (χ4v) is 1.26. The number of nitrogens with one attached hydrogen (secondary N) is 2. The minimum atomic E-state index is -1.03. The first-order chi connectivity index (χ1) is 8.90. The molecule has 1 aromatic rings. The number of carboxylic acids is 1. The van der Waals surface area contributed by atoms with Crippen LogP contribution < -0.4 is 16.4 Å². The van der Waals surface area contributed by atoms with Gasteiger partial charge in [-0.3, -0.25) is 19.7 Å². The van der Waals surface area contributed by atoms with Crippen molar-refractivity contribution < 1.29 is 19.5 Å². The van der Waals surface area contributed by atoms with Gasteiger partial charge in [-0.25, -0.2) is 0 Å². The molecule has 1 aromatic carbocycles. The van der Waals surface area contributed by atoms with Gasteiger partial charge in [-0.15, -0.1) is 0 Å². The molecule has 19 heavy (non-hydrogen) atoms. The van der Waals surface area contributed by atoms with E-state index < -0.39 is 17.9 Å². The zero-order chi connectivity index (χ0) is 14.4. The molecule has 0 aliphatic carbocycles. The highest BCUT2D eigenvalue weighted by atomic mass is 16.4. The van der Waals surface area contributed by atoms with Crippen molar-refractivity contribution in [1.82, 2.24) is 5.32 Å². The van der Waals surface area contributed by atoms with Crippen LogP contribution in [0.2, 0.25) is 0 Å². The fourth-order valence-electron chi connectivity index (χ4n) is 1.26. The highest BCUT2D eigenvalue weighted by Crippen LogP contribution is 2.08. The highest BCUT2D eigenvalue weighted by Gasteiger charge is 2.11. The summed E-state index contributed by atoms with van der Waals surface area (Å²) in [5, 5.41) is 13.7. The zero-order valence-corrected chi connectivity index (χ0v) is 10.3. The summed E-state index contributed by atoms with van der Waals surface area (Å²) in [6, 6.07) is 5.26. The van der Waals surface area contributed by atoms with Crippen molar-refractivity contribution in [3.8, 4) is 0 Å². The molecule has 0 unspecified atom stereocenters. The number of hydrogen-bond acceptors (Lipinski definition) is 4. The Hall–Kier alpha value is -2.41. The first-order valence-electron chi connectivity index (χ1n) is 5.56. The van der Waals surface area contributed by atoms with Crippen molar-refractivity contribution >= 4 is 23.5 Å². The molecule has 0 aliphatic heterocycles. The van der Waals surface area contributed by atoms with Gasteiger partial charge < -0.3 is 16.2 Å². The predicted octanol–water partition coefficient (Wildman–Crippen LogP) is -0.213. The number of aliphatic carboxylic acids is 1. The van der Waals surface area contributed by atoms with E-state index in [9.17, 15) is 14.4 Å². The van der Waals surface area contributed by atoms with Crippen LogP contribution in [0.5, 0.6) is 0 Å². The predicted molar refractivity (Wildman–Crippen MR) is 68.7 cm³/mol. The summed E-state index contributed by atoms with van der Waals surface area (Å²) in [7, 11) is 0. The van der Waals surface area contributed by atoms with Crippen LogP contribution >= 0.6 is 0 Å². The lowest BCUT2D eigenvalue weighted by Gasteiger charge is -2.09. The van der Waals surface area contributed by atoms with Gasteiger partial charge in [-0.2, -0.15) is 0 Å². The largest absolute Gasteiger partial charge is 0.480 e. The Morgan fingerprint density at radius 2 is 1.84 bits per heavy atom. The first kappa shape index (κ1) is 14.7. The van der Waals surface area contributed by atoms with Gasteiger partial charge in [0.2, 0.25) is 11.8 Å². The minimum absolute atomic E-state index is 0.120. The third kappa shape index (κ3) is 4.76. The molecular weight excluding hydrogens is 250 g/mol. The van der Waals surface area contributed by atoms with Gasteiger partial charge in [0, 0.05) is 11.3 Å². The second kappa shape index (κ2) is 6.50. The van der Waals surface area contributed by atoms with Crippen LogP contribution in [0.4, 0.5) is 5.69 Å². The van der Waals surface area contributed by atoms with Crippen molar-refractivity contribution in [3.05, 3.63) is 29.8 Å². The molecule has 0 radical (unpaired) electrons. The summed E-state index contributed by atoms with van der Waals surface area (Å²) in [6.07, 6.45) is 0. The van der Waals surface area contributed by atoms with Crippen molar-refractivity contribution in [1.29, 1.82) is 0 Å². The van der Waals surface area contributed by atoms with Gasteiger partial charge in [-0.05, 0) is 31.2 Å². The Kier molecular flexibility index (Phi) is 5.01.